The fourth-order valence-electron chi connectivity index (χ4n) is 1.36. The van der Waals surface area contributed by atoms with Crippen molar-refractivity contribution < 1.29 is 14.6 Å². The van der Waals surface area contributed by atoms with E-state index in [9.17, 15) is 4.79 Å². The standard InChI is InChI=1S/C13H18BrNO3/c1-10(16)3-2-8-15-13(17)9-18-12-6-4-11(14)5-7-12/h4-7,10,16H,2-3,8-9H2,1H3,(H,15,17). The Kier molecular flexibility index (Phi) is 6.75. The Morgan fingerprint density at radius 2 is 2.11 bits per heavy atom. The highest BCUT2D eigenvalue weighted by atomic mass is 79.9. The summed E-state index contributed by atoms with van der Waals surface area (Å²) in [7, 11) is 0. The first-order chi connectivity index (χ1) is 8.58. The highest BCUT2D eigenvalue weighted by Crippen LogP contribution is 2.15. The molecule has 0 aliphatic rings. The maximum absolute atomic E-state index is 11.4. The maximum atomic E-state index is 11.4. The van der Waals surface area contributed by atoms with Crippen molar-refractivity contribution in [2.45, 2.75) is 25.9 Å². The molecule has 0 spiro atoms. The highest BCUT2D eigenvalue weighted by Gasteiger charge is 2.02. The molecular formula is C13H18BrNO3. The van der Waals surface area contributed by atoms with Gasteiger partial charge in [0.25, 0.3) is 5.91 Å². The number of aliphatic hydroxyl groups is 1. The number of halogens is 1. The molecule has 0 aliphatic carbocycles. The first kappa shape index (κ1) is 15.0. The lowest BCUT2D eigenvalue weighted by atomic mass is 10.2. The molecule has 2 N–H and O–H groups in total. The van der Waals surface area contributed by atoms with Crippen LogP contribution in [0.15, 0.2) is 28.7 Å². The molecule has 0 heterocycles. The van der Waals surface area contributed by atoms with Crippen LogP contribution >= 0.6 is 15.9 Å². The van der Waals surface area contributed by atoms with Crippen molar-refractivity contribution in [1.82, 2.24) is 5.32 Å². The summed E-state index contributed by atoms with van der Waals surface area (Å²) in [5.41, 5.74) is 0. The number of aliphatic hydroxyl groups excluding tert-OH is 1. The molecule has 1 atom stereocenters. The fourth-order valence-corrected chi connectivity index (χ4v) is 1.62. The Balaban J connectivity index is 2.15. The van der Waals surface area contributed by atoms with Crippen molar-refractivity contribution in [3.05, 3.63) is 28.7 Å². The summed E-state index contributed by atoms with van der Waals surface area (Å²) in [5.74, 6) is 0.515. The third kappa shape index (κ3) is 6.61. The average molecular weight is 316 g/mol. The first-order valence-electron chi connectivity index (χ1n) is 5.91. The second kappa shape index (κ2) is 8.11. The normalized spacial score (nSPS) is 11.9. The third-order valence-electron chi connectivity index (χ3n) is 2.30. The van der Waals surface area contributed by atoms with Gasteiger partial charge in [-0.15, -0.1) is 0 Å². The van der Waals surface area contributed by atoms with Gasteiger partial charge in [-0.25, -0.2) is 0 Å². The van der Waals surface area contributed by atoms with Crippen molar-refractivity contribution in [2.24, 2.45) is 0 Å². The summed E-state index contributed by atoms with van der Waals surface area (Å²) in [4.78, 5) is 11.4. The van der Waals surface area contributed by atoms with E-state index < -0.39 is 0 Å². The van der Waals surface area contributed by atoms with Gasteiger partial charge in [0.15, 0.2) is 6.61 Å². The Morgan fingerprint density at radius 3 is 2.72 bits per heavy atom. The van der Waals surface area contributed by atoms with Crippen molar-refractivity contribution in [2.75, 3.05) is 13.2 Å². The Labute approximate surface area is 115 Å². The van der Waals surface area contributed by atoms with Gasteiger partial charge in [0.05, 0.1) is 6.10 Å². The van der Waals surface area contributed by atoms with Gasteiger partial charge in [-0.05, 0) is 44.0 Å². The molecule has 0 radical (unpaired) electrons. The van der Waals surface area contributed by atoms with Gasteiger partial charge in [0.2, 0.25) is 0 Å². The summed E-state index contributed by atoms with van der Waals surface area (Å²) < 4.78 is 6.29. The predicted molar refractivity (Wildman–Crippen MR) is 73.6 cm³/mol. The molecule has 1 aromatic carbocycles. The van der Waals surface area contributed by atoms with Crippen molar-refractivity contribution in [3.63, 3.8) is 0 Å². The molecule has 18 heavy (non-hydrogen) atoms. The number of benzene rings is 1. The quantitative estimate of drug-likeness (QED) is 0.758. The van der Waals surface area contributed by atoms with Crippen LogP contribution in [0.2, 0.25) is 0 Å². The van der Waals surface area contributed by atoms with Crippen LogP contribution in [0.1, 0.15) is 19.8 Å². The van der Waals surface area contributed by atoms with E-state index in [4.69, 9.17) is 9.84 Å². The number of carbonyl (C=O) groups is 1. The van der Waals surface area contributed by atoms with E-state index in [1.54, 1.807) is 19.1 Å². The van der Waals surface area contributed by atoms with Crippen LogP contribution in [0, 0.1) is 0 Å². The van der Waals surface area contributed by atoms with Crippen LogP contribution in [0.3, 0.4) is 0 Å². The van der Waals surface area contributed by atoms with E-state index in [1.165, 1.54) is 0 Å². The van der Waals surface area contributed by atoms with E-state index in [1.807, 2.05) is 12.1 Å². The van der Waals surface area contributed by atoms with Crippen molar-refractivity contribution in [3.8, 4) is 5.75 Å². The van der Waals surface area contributed by atoms with Crippen LogP contribution in [0.4, 0.5) is 0 Å². The molecule has 1 amide bonds. The maximum Gasteiger partial charge on any atom is 0.257 e. The number of nitrogens with one attached hydrogen (secondary N) is 1. The van der Waals surface area contributed by atoms with Gasteiger partial charge >= 0.3 is 0 Å². The Morgan fingerprint density at radius 1 is 1.44 bits per heavy atom. The zero-order valence-corrected chi connectivity index (χ0v) is 11.9. The summed E-state index contributed by atoms with van der Waals surface area (Å²) in [6.07, 6.45) is 1.14. The molecule has 1 unspecified atom stereocenters. The summed E-state index contributed by atoms with van der Waals surface area (Å²) in [6.45, 7) is 2.31. The molecule has 4 nitrogen and oxygen atoms in total. The summed E-state index contributed by atoms with van der Waals surface area (Å²) in [6, 6.07) is 7.31. The number of carbonyl (C=O) groups excluding carboxylic acids is 1. The van der Waals surface area contributed by atoms with Gasteiger partial charge in [-0.2, -0.15) is 0 Å². The molecule has 5 heteroatoms. The average Bonchev–Trinajstić information content (AvgIpc) is 2.34. The van der Waals surface area contributed by atoms with E-state index in [-0.39, 0.29) is 18.6 Å². The van der Waals surface area contributed by atoms with E-state index >= 15 is 0 Å². The number of amides is 1. The lowest BCUT2D eigenvalue weighted by Gasteiger charge is -2.08. The van der Waals surface area contributed by atoms with E-state index in [0.717, 1.165) is 10.9 Å². The number of rotatable bonds is 7. The molecular weight excluding hydrogens is 298 g/mol. The van der Waals surface area contributed by atoms with E-state index in [0.29, 0.717) is 18.7 Å². The topological polar surface area (TPSA) is 58.6 Å². The van der Waals surface area contributed by atoms with Gasteiger partial charge in [-0.1, -0.05) is 15.9 Å². The molecule has 0 fully saturated rings. The first-order valence-corrected chi connectivity index (χ1v) is 6.70. The van der Waals surface area contributed by atoms with Gasteiger partial charge in [0.1, 0.15) is 5.75 Å². The van der Waals surface area contributed by atoms with Gasteiger partial charge < -0.3 is 15.2 Å². The number of hydrogen-bond donors (Lipinski definition) is 2. The molecule has 100 valence electrons. The zero-order valence-electron chi connectivity index (χ0n) is 10.4. The minimum absolute atomic E-state index is 0.0102. The second-order valence-electron chi connectivity index (χ2n) is 4.08. The van der Waals surface area contributed by atoms with Crippen molar-refractivity contribution >= 4 is 21.8 Å². The molecule has 1 rings (SSSR count). The number of ether oxygens (including phenoxy) is 1. The fraction of sp³-hybridized carbons (Fsp3) is 0.462. The van der Waals surface area contributed by atoms with Crippen LogP contribution in [0.25, 0.3) is 0 Å². The minimum Gasteiger partial charge on any atom is -0.484 e. The molecule has 0 aromatic heterocycles. The molecule has 0 saturated carbocycles. The Bertz CT molecular complexity index is 365. The zero-order chi connectivity index (χ0) is 13.4. The monoisotopic (exact) mass is 315 g/mol. The van der Waals surface area contributed by atoms with Gasteiger partial charge in [0, 0.05) is 11.0 Å². The third-order valence-corrected chi connectivity index (χ3v) is 2.83. The Hall–Kier alpha value is -1.07. The lowest BCUT2D eigenvalue weighted by Crippen LogP contribution is -2.30. The smallest absolute Gasteiger partial charge is 0.257 e. The second-order valence-corrected chi connectivity index (χ2v) is 5.00. The van der Waals surface area contributed by atoms with Crippen LogP contribution in [-0.4, -0.2) is 30.3 Å². The SMILES string of the molecule is CC(O)CCCNC(=O)COc1ccc(Br)cc1. The molecule has 0 bridgehead atoms. The van der Waals surface area contributed by atoms with E-state index in [2.05, 4.69) is 21.2 Å². The molecule has 0 aliphatic heterocycles. The van der Waals surface area contributed by atoms with Crippen LogP contribution < -0.4 is 10.1 Å². The molecule has 0 saturated heterocycles. The minimum atomic E-state index is -0.319. The van der Waals surface area contributed by atoms with Crippen LogP contribution in [0.5, 0.6) is 5.75 Å². The summed E-state index contributed by atoms with van der Waals surface area (Å²) in [5, 5.41) is 11.8. The van der Waals surface area contributed by atoms with Gasteiger partial charge in [-0.3, -0.25) is 4.79 Å². The molecule has 1 aromatic rings. The largest absolute Gasteiger partial charge is 0.484 e. The predicted octanol–water partition coefficient (Wildman–Crippen LogP) is 2.11. The lowest BCUT2D eigenvalue weighted by molar-refractivity contribution is -0.123. The number of hydrogen-bond acceptors (Lipinski definition) is 3. The van der Waals surface area contributed by atoms with Crippen LogP contribution in [-0.2, 0) is 4.79 Å². The highest BCUT2D eigenvalue weighted by molar-refractivity contribution is 9.10. The summed E-state index contributed by atoms with van der Waals surface area (Å²) >= 11 is 3.32. The van der Waals surface area contributed by atoms with Crippen molar-refractivity contribution in [1.29, 1.82) is 0 Å².